The Morgan fingerprint density at radius 1 is 0.695 bits per heavy atom. The zero-order chi connectivity index (χ0) is 42.4. The van der Waals surface area contributed by atoms with Gasteiger partial charge in [-0.3, -0.25) is 0 Å². The predicted octanol–water partition coefficient (Wildman–Crippen LogP) is 8.31. The Labute approximate surface area is 346 Å². The summed E-state index contributed by atoms with van der Waals surface area (Å²) in [4.78, 5) is 51.5. The molecular weight excluding hydrogens is 771 g/mol. The lowest BCUT2D eigenvalue weighted by atomic mass is 10.1. The molecule has 0 aliphatic heterocycles. The molecule has 14 nitrogen and oxygen atoms in total. The molecule has 0 saturated carbocycles. The topological polar surface area (TPSA) is 183 Å². The number of hydrogen-bond acceptors (Lipinski definition) is 11. The number of fused-ring (bicyclic) bond motifs is 4. The lowest BCUT2D eigenvalue weighted by molar-refractivity contribution is 0.0600. The Morgan fingerprint density at radius 3 is 1.86 bits per heavy atom. The third-order valence-corrected chi connectivity index (χ3v) is 9.93. The highest BCUT2D eigenvalue weighted by Gasteiger charge is 2.19. The fraction of sp³-hybridized carbons (Fsp3) is 0.209. The maximum atomic E-state index is 11.5. The quantitative estimate of drug-likeness (QED) is 0.0809. The summed E-state index contributed by atoms with van der Waals surface area (Å²) in [5.74, 6) is 0.581. The van der Waals surface area contributed by atoms with Gasteiger partial charge in [0.2, 0.25) is 0 Å². The number of H-pyrrole nitrogens is 2. The van der Waals surface area contributed by atoms with Crippen molar-refractivity contribution in [3.63, 3.8) is 0 Å². The van der Waals surface area contributed by atoms with Gasteiger partial charge in [0.05, 0.1) is 40.3 Å². The Hall–Kier alpha value is -6.71. The number of esters is 1. The summed E-state index contributed by atoms with van der Waals surface area (Å²) in [6.45, 7) is 8.23. The molecule has 0 spiro atoms. The molecule has 0 atom stereocenters. The van der Waals surface area contributed by atoms with Crippen LogP contribution in [-0.2, 0) is 4.74 Å². The number of aromatic amines is 2. The van der Waals surface area contributed by atoms with Crippen LogP contribution in [0.4, 0.5) is 11.6 Å². The summed E-state index contributed by atoms with van der Waals surface area (Å²) >= 11 is 6.16. The van der Waals surface area contributed by atoms with Gasteiger partial charge in [0.25, 0.3) is 0 Å². The maximum absolute atomic E-state index is 11.5. The van der Waals surface area contributed by atoms with Gasteiger partial charge >= 0.3 is 19.6 Å². The molecule has 8 rings (SSSR count). The molecule has 16 heteroatoms. The van der Waals surface area contributed by atoms with Crippen LogP contribution in [0, 0.1) is 0 Å². The number of benzene rings is 4. The largest absolute Gasteiger partial charge is 0.569 e. The normalized spacial score (nSPS) is 11.0. The van der Waals surface area contributed by atoms with Gasteiger partial charge in [-0.05, 0) is 107 Å². The highest BCUT2D eigenvalue weighted by atomic mass is 35.5. The summed E-state index contributed by atoms with van der Waals surface area (Å²) in [5, 5.41) is 20.2. The number of aromatic carboxylic acids is 1. The Bertz CT molecular complexity index is 2770. The standard InChI is InChI=1S/C21H20N4O2.C14H16ClN3O2.C8H7BNO2/c1-12(2)25(3)20-19(14-4-6-16-13(10-14)8-9-22-16)23-17-7-5-15(21(26)27)11-18(17)24-20;1-8(2)18(3)13-12(15)16-10-6-5-9(14(19)20-4)7-11(10)17-13;11-9-12-7-1-2-8-6(5-7)3-4-10-8/h4-12,22H,1-3H3,(H,26,27);5-8H,1-4H3;1-5,10-11H. The molecule has 8 aromatic rings. The van der Waals surface area contributed by atoms with E-state index < -0.39 is 11.9 Å². The van der Waals surface area contributed by atoms with Crippen molar-refractivity contribution < 1.29 is 29.1 Å². The van der Waals surface area contributed by atoms with Crippen LogP contribution in [0.25, 0.3) is 55.1 Å². The number of carbonyl (C=O) groups excluding carboxylic acids is 1. The van der Waals surface area contributed by atoms with Gasteiger partial charge in [0.1, 0.15) is 11.4 Å². The molecule has 0 saturated heterocycles. The van der Waals surface area contributed by atoms with Gasteiger partial charge in [-0.25, -0.2) is 29.5 Å². The van der Waals surface area contributed by atoms with Gasteiger partial charge in [0.15, 0.2) is 16.8 Å². The molecule has 0 amide bonds. The molecule has 0 bridgehead atoms. The van der Waals surface area contributed by atoms with E-state index in [-0.39, 0.29) is 17.6 Å². The lowest BCUT2D eigenvalue weighted by Crippen LogP contribution is -2.27. The van der Waals surface area contributed by atoms with Crippen LogP contribution < -0.4 is 14.5 Å². The summed E-state index contributed by atoms with van der Waals surface area (Å²) in [6, 6.07) is 25.9. The van der Waals surface area contributed by atoms with Crippen molar-refractivity contribution in [2.75, 3.05) is 31.0 Å². The van der Waals surface area contributed by atoms with E-state index in [0.717, 1.165) is 38.9 Å². The minimum atomic E-state index is -0.973. The van der Waals surface area contributed by atoms with Gasteiger partial charge < -0.3 is 39.3 Å². The van der Waals surface area contributed by atoms with Crippen LogP contribution in [0.15, 0.2) is 97.3 Å². The number of carbonyl (C=O) groups is 2. The van der Waals surface area contributed by atoms with Crippen molar-refractivity contribution in [1.82, 2.24) is 29.9 Å². The number of carboxylic acid groups (broad SMARTS) is 1. The summed E-state index contributed by atoms with van der Waals surface area (Å²) in [5.41, 5.74) is 7.02. The fourth-order valence-corrected chi connectivity index (χ4v) is 6.23. The molecular formula is C43H43BClN8O6. The minimum absolute atomic E-state index is 0.205. The van der Waals surface area contributed by atoms with E-state index in [2.05, 4.69) is 44.7 Å². The van der Waals surface area contributed by atoms with Crippen molar-refractivity contribution in [3.05, 3.63) is 114 Å². The second-order valence-corrected chi connectivity index (χ2v) is 14.4. The third kappa shape index (κ3) is 9.54. The third-order valence-electron chi connectivity index (χ3n) is 9.68. The van der Waals surface area contributed by atoms with Gasteiger partial charge in [-0.15, -0.1) is 0 Å². The monoisotopic (exact) mass is 813 g/mol. The smallest absolute Gasteiger partial charge is 0.537 e. The van der Waals surface area contributed by atoms with E-state index in [1.807, 2.05) is 81.6 Å². The summed E-state index contributed by atoms with van der Waals surface area (Å²) in [6.07, 6.45) is 3.77. The molecule has 301 valence electrons. The zero-order valence-corrected chi connectivity index (χ0v) is 34.3. The van der Waals surface area contributed by atoms with Crippen molar-refractivity contribution in [3.8, 4) is 17.0 Å². The van der Waals surface area contributed by atoms with Crippen molar-refractivity contribution >= 4 is 86.7 Å². The molecule has 0 unspecified atom stereocenters. The fourth-order valence-electron chi connectivity index (χ4n) is 5.97. The van der Waals surface area contributed by atoms with E-state index >= 15 is 0 Å². The number of hydrogen-bond donors (Lipinski definition) is 4. The number of rotatable bonds is 9. The number of halogens is 1. The first-order valence-corrected chi connectivity index (χ1v) is 19.0. The molecule has 59 heavy (non-hydrogen) atoms. The van der Waals surface area contributed by atoms with E-state index in [1.54, 1.807) is 42.5 Å². The first-order valence-electron chi connectivity index (χ1n) is 18.6. The molecule has 0 aliphatic rings. The average Bonchev–Trinajstić information content (AvgIpc) is 3.91. The molecule has 4 aromatic heterocycles. The average molecular weight is 814 g/mol. The molecule has 0 fully saturated rings. The number of anilines is 2. The van der Waals surface area contributed by atoms with E-state index in [9.17, 15) is 14.7 Å². The van der Waals surface area contributed by atoms with Crippen LogP contribution in [-0.4, -0.2) is 92.9 Å². The Balaban J connectivity index is 0.000000160. The SMILES string of the molecule is CC(C)N(C)c1nc2cc(C(=O)O)ccc2nc1-c1ccc2[nH]ccc2c1.COC(=O)c1ccc2nc(Cl)c(N(C)C(C)C)nc2c1.O[B]Oc1ccc2[nH]ccc2c1. The second kappa shape index (κ2) is 18.3. The van der Waals surface area contributed by atoms with E-state index in [1.165, 1.54) is 7.11 Å². The summed E-state index contributed by atoms with van der Waals surface area (Å²) in [7, 11) is 5.89. The van der Waals surface area contributed by atoms with Gasteiger partial charge in [-0.2, -0.15) is 0 Å². The van der Waals surface area contributed by atoms with Crippen LogP contribution in [0.2, 0.25) is 5.15 Å². The minimum Gasteiger partial charge on any atom is -0.537 e. The number of methoxy groups -OCH3 is 1. The number of nitrogens with one attached hydrogen (secondary N) is 2. The molecule has 4 N–H and O–H groups in total. The zero-order valence-electron chi connectivity index (χ0n) is 33.6. The molecule has 4 heterocycles. The second-order valence-electron chi connectivity index (χ2n) is 14.1. The highest BCUT2D eigenvalue weighted by Crippen LogP contribution is 2.32. The van der Waals surface area contributed by atoms with Crippen LogP contribution >= 0.6 is 11.6 Å². The number of carboxylic acids is 1. The first-order chi connectivity index (χ1) is 28.3. The maximum Gasteiger partial charge on any atom is 0.569 e. The highest BCUT2D eigenvalue weighted by molar-refractivity contribution is 6.32. The van der Waals surface area contributed by atoms with Crippen LogP contribution in [0.5, 0.6) is 5.75 Å². The Morgan fingerprint density at radius 2 is 1.25 bits per heavy atom. The lowest BCUT2D eigenvalue weighted by Gasteiger charge is -2.25. The number of ether oxygens (including phenoxy) is 1. The van der Waals surface area contributed by atoms with Crippen molar-refractivity contribution in [2.24, 2.45) is 0 Å². The molecule has 1 radical (unpaired) electrons. The van der Waals surface area contributed by atoms with Crippen molar-refractivity contribution in [2.45, 2.75) is 39.8 Å². The van der Waals surface area contributed by atoms with E-state index in [4.69, 9.17) is 36.0 Å². The first kappa shape index (κ1) is 41.9. The Kier molecular flexibility index (Phi) is 13.0. The molecule has 0 aliphatic carbocycles. The van der Waals surface area contributed by atoms with Crippen LogP contribution in [0.3, 0.4) is 0 Å². The van der Waals surface area contributed by atoms with Crippen LogP contribution in [0.1, 0.15) is 48.4 Å². The van der Waals surface area contributed by atoms with E-state index in [0.29, 0.717) is 52.0 Å². The van der Waals surface area contributed by atoms with Crippen molar-refractivity contribution in [1.29, 1.82) is 0 Å². The number of aromatic nitrogens is 6. The predicted molar refractivity (Wildman–Crippen MR) is 234 cm³/mol. The molecule has 4 aromatic carbocycles. The summed E-state index contributed by atoms with van der Waals surface area (Å²) < 4.78 is 9.50. The number of nitrogens with zero attached hydrogens (tertiary/aromatic N) is 6. The van der Waals surface area contributed by atoms with Gasteiger partial charge in [-0.1, -0.05) is 17.7 Å². The van der Waals surface area contributed by atoms with Gasteiger partial charge in [0, 0.05) is 65.9 Å².